The quantitative estimate of drug-likeness (QED) is 0.762. The van der Waals surface area contributed by atoms with E-state index < -0.39 is 0 Å². The number of pyridine rings is 1. The summed E-state index contributed by atoms with van der Waals surface area (Å²) in [5.74, 6) is 0. The van der Waals surface area contributed by atoms with Gasteiger partial charge in [0.05, 0.1) is 29.6 Å². The molecule has 0 unspecified atom stereocenters. The molecule has 0 bridgehead atoms. The molecule has 90 valence electrons. The van der Waals surface area contributed by atoms with Crippen LogP contribution in [0.15, 0.2) is 48.9 Å². The number of benzene rings is 1. The van der Waals surface area contributed by atoms with E-state index in [1.54, 1.807) is 6.20 Å². The molecule has 0 aliphatic rings. The summed E-state index contributed by atoms with van der Waals surface area (Å²) in [4.78, 5) is 8.62. The maximum atomic E-state index is 4.34. The molecule has 0 spiro atoms. The first-order valence-electron chi connectivity index (χ1n) is 5.88. The van der Waals surface area contributed by atoms with Gasteiger partial charge in [-0.3, -0.25) is 4.98 Å². The maximum absolute atomic E-state index is 4.34. The molecule has 2 aromatic heterocycles. The van der Waals surface area contributed by atoms with Crippen molar-refractivity contribution in [1.29, 1.82) is 0 Å². The van der Waals surface area contributed by atoms with Crippen LogP contribution in [0, 0.1) is 0 Å². The molecule has 0 radical (unpaired) electrons. The van der Waals surface area contributed by atoms with Gasteiger partial charge in [-0.25, -0.2) is 4.98 Å². The second kappa shape index (κ2) is 4.49. The normalized spacial score (nSPS) is 10.7. The largest absolute Gasteiger partial charge is 0.379 e. The van der Waals surface area contributed by atoms with Crippen LogP contribution in [0.1, 0.15) is 5.69 Å². The topological polar surface area (TPSA) is 42.7 Å². The van der Waals surface area contributed by atoms with Crippen molar-refractivity contribution >= 4 is 16.7 Å². The van der Waals surface area contributed by atoms with E-state index in [1.807, 2.05) is 36.1 Å². The molecule has 0 atom stereocenters. The number of fused-ring (bicyclic) bond motifs is 1. The molecular weight excluding hydrogens is 224 g/mol. The smallest absolute Gasteiger partial charge is 0.0955 e. The Bertz CT molecular complexity index is 658. The number of aromatic nitrogens is 3. The fraction of sp³-hybridized carbons (Fsp3) is 0.143. The van der Waals surface area contributed by atoms with Crippen LogP contribution in [-0.2, 0) is 13.6 Å². The zero-order valence-electron chi connectivity index (χ0n) is 10.2. The minimum atomic E-state index is 0.721. The Labute approximate surface area is 105 Å². The predicted octanol–water partition coefficient (Wildman–Crippen LogP) is 2.58. The third-order valence-electron chi connectivity index (χ3n) is 2.93. The van der Waals surface area contributed by atoms with E-state index in [-0.39, 0.29) is 0 Å². The molecule has 3 rings (SSSR count). The number of nitrogens with zero attached hydrogens (tertiary/aromatic N) is 3. The maximum Gasteiger partial charge on any atom is 0.0955 e. The number of hydrogen-bond donors (Lipinski definition) is 1. The third kappa shape index (κ3) is 2.05. The summed E-state index contributed by atoms with van der Waals surface area (Å²) in [6, 6.07) is 12.1. The molecule has 0 aliphatic carbocycles. The average Bonchev–Trinajstić information content (AvgIpc) is 2.79. The third-order valence-corrected chi connectivity index (χ3v) is 2.93. The van der Waals surface area contributed by atoms with E-state index in [4.69, 9.17) is 0 Å². The Morgan fingerprint density at radius 2 is 2.11 bits per heavy atom. The van der Waals surface area contributed by atoms with E-state index in [0.717, 1.165) is 29.0 Å². The molecule has 18 heavy (non-hydrogen) atoms. The van der Waals surface area contributed by atoms with Crippen LogP contribution in [0.5, 0.6) is 0 Å². The lowest BCUT2D eigenvalue weighted by Gasteiger charge is -2.05. The summed E-state index contributed by atoms with van der Waals surface area (Å²) in [6.45, 7) is 0.721. The van der Waals surface area contributed by atoms with E-state index >= 15 is 0 Å². The minimum Gasteiger partial charge on any atom is -0.379 e. The molecule has 0 fully saturated rings. The fourth-order valence-electron chi connectivity index (χ4n) is 1.94. The van der Waals surface area contributed by atoms with Crippen molar-refractivity contribution in [3.8, 4) is 0 Å². The lowest BCUT2D eigenvalue weighted by molar-refractivity contribution is 0.947. The van der Waals surface area contributed by atoms with Gasteiger partial charge in [0.1, 0.15) is 0 Å². The highest BCUT2D eigenvalue weighted by Gasteiger charge is 2.01. The summed E-state index contributed by atoms with van der Waals surface area (Å²) in [5.41, 5.74) is 4.23. The van der Waals surface area contributed by atoms with Crippen molar-refractivity contribution in [2.24, 2.45) is 7.05 Å². The van der Waals surface area contributed by atoms with Crippen LogP contribution < -0.4 is 5.32 Å². The minimum absolute atomic E-state index is 0.721. The Morgan fingerprint density at radius 3 is 2.94 bits per heavy atom. The van der Waals surface area contributed by atoms with Gasteiger partial charge in [-0.05, 0) is 30.3 Å². The van der Waals surface area contributed by atoms with Crippen LogP contribution in [0.2, 0.25) is 0 Å². The van der Waals surface area contributed by atoms with Gasteiger partial charge in [0.15, 0.2) is 0 Å². The monoisotopic (exact) mass is 238 g/mol. The Morgan fingerprint density at radius 1 is 1.17 bits per heavy atom. The molecule has 4 heteroatoms. The summed E-state index contributed by atoms with van der Waals surface area (Å²) in [5, 5.41) is 3.35. The lowest BCUT2D eigenvalue weighted by atomic mass is 10.2. The number of anilines is 1. The van der Waals surface area contributed by atoms with Crippen LogP contribution in [-0.4, -0.2) is 14.5 Å². The molecule has 4 nitrogen and oxygen atoms in total. The van der Waals surface area contributed by atoms with Crippen molar-refractivity contribution in [3.63, 3.8) is 0 Å². The van der Waals surface area contributed by atoms with Crippen LogP contribution in [0.4, 0.5) is 5.69 Å². The highest BCUT2D eigenvalue weighted by molar-refractivity contribution is 5.79. The summed E-state index contributed by atoms with van der Waals surface area (Å²) < 4.78 is 2.01. The second-order valence-electron chi connectivity index (χ2n) is 4.23. The van der Waals surface area contributed by atoms with Gasteiger partial charge in [0.2, 0.25) is 0 Å². The highest BCUT2D eigenvalue weighted by Crippen LogP contribution is 2.17. The van der Waals surface area contributed by atoms with E-state index in [0.29, 0.717) is 0 Å². The van der Waals surface area contributed by atoms with Crippen LogP contribution in [0.25, 0.3) is 11.0 Å². The first kappa shape index (κ1) is 10.8. The van der Waals surface area contributed by atoms with Gasteiger partial charge in [-0.15, -0.1) is 0 Å². The molecule has 0 aliphatic heterocycles. The first-order valence-corrected chi connectivity index (χ1v) is 5.88. The van der Waals surface area contributed by atoms with Gasteiger partial charge in [-0.2, -0.15) is 0 Å². The highest BCUT2D eigenvalue weighted by atomic mass is 15.0. The molecular formula is C14H14N4. The van der Waals surface area contributed by atoms with Crippen molar-refractivity contribution in [2.75, 3.05) is 5.32 Å². The molecule has 0 amide bonds. The molecule has 1 aromatic carbocycles. The first-order chi connectivity index (χ1) is 8.83. The average molecular weight is 238 g/mol. The number of imidazole rings is 1. The van der Waals surface area contributed by atoms with Crippen molar-refractivity contribution in [2.45, 2.75) is 6.54 Å². The SMILES string of the molecule is Cn1cnc2cc(NCc3ccccn3)ccc21. The van der Waals surface area contributed by atoms with Crippen molar-refractivity contribution < 1.29 is 0 Å². The van der Waals surface area contributed by atoms with Crippen LogP contribution in [0.3, 0.4) is 0 Å². The Balaban J connectivity index is 1.79. The zero-order valence-corrected chi connectivity index (χ0v) is 10.2. The van der Waals surface area contributed by atoms with E-state index in [9.17, 15) is 0 Å². The van der Waals surface area contributed by atoms with Gasteiger partial charge in [0.25, 0.3) is 0 Å². The lowest BCUT2D eigenvalue weighted by Crippen LogP contribution is -2.00. The summed E-state index contributed by atoms with van der Waals surface area (Å²) in [7, 11) is 2.00. The van der Waals surface area contributed by atoms with Crippen LogP contribution >= 0.6 is 0 Å². The molecule has 2 heterocycles. The summed E-state index contributed by atoms with van der Waals surface area (Å²) >= 11 is 0. The molecule has 1 N–H and O–H groups in total. The second-order valence-corrected chi connectivity index (χ2v) is 4.23. The number of nitrogens with one attached hydrogen (secondary N) is 1. The number of aryl methyl sites for hydroxylation is 1. The number of hydrogen-bond acceptors (Lipinski definition) is 3. The number of rotatable bonds is 3. The standard InChI is InChI=1S/C14H14N4/c1-18-10-17-13-8-11(5-6-14(13)18)16-9-12-4-2-3-7-15-12/h2-8,10,16H,9H2,1H3. The molecule has 0 saturated heterocycles. The van der Waals surface area contributed by atoms with Gasteiger partial charge < -0.3 is 9.88 Å². The predicted molar refractivity (Wildman–Crippen MR) is 72.3 cm³/mol. The van der Waals surface area contributed by atoms with E-state index in [2.05, 4.69) is 33.5 Å². The Kier molecular flexibility index (Phi) is 2.68. The Hall–Kier alpha value is -2.36. The van der Waals surface area contributed by atoms with Gasteiger partial charge in [0, 0.05) is 18.9 Å². The van der Waals surface area contributed by atoms with E-state index in [1.165, 1.54) is 0 Å². The molecule has 0 saturated carbocycles. The summed E-state index contributed by atoms with van der Waals surface area (Å²) in [6.07, 6.45) is 3.63. The zero-order chi connectivity index (χ0) is 12.4. The van der Waals surface area contributed by atoms with Gasteiger partial charge in [-0.1, -0.05) is 6.07 Å². The molecule has 3 aromatic rings. The van der Waals surface area contributed by atoms with Crippen molar-refractivity contribution in [3.05, 3.63) is 54.6 Å². The van der Waals surface area contributed by atoms with Gasteiger partial charge >= 0.3 is 0 Å². The fourth-order valence-corrected chi connectivity index (χ4v) is 1.94. The van der Waals surface area contributed by atoms with Crippen molar-refractivity contribution in [1.82, 2.24) is 14.5 Å².